The minimum Gasteiger partial charge on any atom is -0.315 e. The van der Waals surface area contributed by atoms with E-state index in [0.29, 0.717) is 22.2 Å². The van der Waals surface area contributed by atoms with Crippen LogP contribution in [0.4, 0.5) is 5.69 Å². The van der Waals surface area contributed by atoms with Gasteiger partial charge in [0.15, 0.2) is 0 Å². The van der Waals surface area contributed by atoms with Crippen LogP contribution >= 0.6 is 22.9 Å². The van der Waals surface area contributed by atoms with Crippen LogP contribution in [0.3, 0.4) is 0 Å². The topological polar surface area (TPSA) is 58.2 Å². The first-order chi connectivity index (χ1) is 9.83. The first-order valence-electron chi connectivity index (χ1n) is 6.36. The van der Waals surface area contributed by atoms with E-state index in [2.05, 4.69) is 10.0 Å². The van der Waals surface area contributed by atoms with Crippen LogP contribution in [0, 0.1) is 13.8 Å². The molecule has 2 N–H and O–H groups in total. The summed E-state index contributed by atoms with van der Waals surface area (Å²) in [6.07, 6.45) is 0. The first kappa shape index (κ1) is 16.3. The van der Waals surface area contributed by atoms with E-state index < -0.39 is 10.0 Å². The molecule has 0 aliphatic heterocycles. The Hall–Kier alpha value is -1.08. The Bertz CT molecular complexity index is 754. The first-order valence-corrected chi connectivity index (χ1v) is 9.04. The summed E-state index contributed by atoms with van der Waals surface area (Å²) in [5, 5.41) is 3.41. The quantitative estimate of drug-likeness (QED) is 0.872. The van der Waals surface area contributed by atoms with Gasteiger partial charge in [-0.15, -0.1) is 11.3 Å². The maximum Gasteiger partial charge on any atom is 0.263 e. The molecule has 2 rings (SSSR count). The molecular formula is C14H17ClN2O2S2. The molecule has 114 valence electrons. The van der Waals surface area contributed by atoms with Gasteiger partial charge in [0.2, 0.25) is 0 Å². The summed E-state index contributed by atoms with van der Waals surface area (Å²) >= 11 is 7.55. The number of sulfonamides is 1. The highest BCUT2D eigenvalue weighted by molar-refractivity contribution is 7.93. The third kappa shape index (κ3) is 3.77. The van der Waals surface area contributed by atoms with Gasteiger partial charge in [-0.2, -0.15) is 0 Å². The van der Waals surface area contributed by atoms with Crippen LogP contribution in [0.25, 0.3) is 0 Å². The van der Waals surface area contributed by atoms with E-state index in [1.165, 1.54) is 11.3 Å². The summed E-state index contributed by atoms with van der Waals surface area (Å²) < 4.78 is 27.5. The molecule has 0 saturated heterocycles. The van der Waals surface area contributed by atoms with Crippen molar-refractivity contribution in [1.82, 2.24) is 5.32 Å². The van der Waals surface area contributed by atoms with Gasteiger partial charge in [0.1, 0.15) is 4.90 Å². The van der Waals surface area contributed by atoms with E-state index in [1.807, 2.05) is 20.0 Å². The normalized spacial score (nSPS) is 11.6. The van der Waals surface area contributed by atoms with Crippen molar-refractivity contribution < 1.29 is 8.42 Å². The molecule has 0 fully saturated rings. The number of rotatable bonds is 5. The molecule has 0 aliphatic rings. The number of anilines is 1. The summed E-state index contributed by atoms with van der Waals surface area (Å²) in [7, 11) is -1.80. The third-order valence-electron chi connectivity index (χ3n) is 2.93. The maximum atomic E-state index is 12.5. The number of aryl methyl sites for hydroxylation is 2. The van der Waals surface area contributed by atoms with Gasteiger partial charge in [-0.1, -0.05) is 17.7 Å². The standard InChI is InChI=1S/C14H17ClN2O2S2/c1-9-4-5-13(12(15)6-9)17-21(18,19)14-7-11(8-16-3)20-10(14)2/h4-7,16-17H,8H2,1-3H3. The molecule has 1 aromatic carbocycles. The van der Waals surface area contributed by atoms with Crippen molar-refractivity contribution in [3.05, 3.63) is 44.6 Å². The molecule has 21 heavy (non-hydrogen) atoms. The third-order valence-corrected chi connectivity index (χ3v) is 5.92. The van der Waals surface area contributed by atoms with Crippen molar-refractivity contribution in [3.63, 3.8) is 0 Å². The number of hydrogen-bond donors (Lipinski definition) is 2. The molecule has 0 saturated carbocycles. The van der Waals surface area contributed by atoms with Gasteiger partial charge in [-0.25, -0.2) is 8.42 Å². The Morgan fingerprint density at radius 3 is 2.57 bits per heavy atom. The molecule has 1 heterocycles. The lowest BCUT2D eigenvalue weighted by Crippen LogP contribution is -2.13. The van der Waals surface area contributed by atoms with Crippen LogP contribution in [-0.2, 0) is 16.6 Å². The number of nitrogens with one attached hydrogen (secondary N) is 2. The Kier molecular flexibility index (Phi) is 4.93. The van der Waals surface area contributed by atoms with Crippen LogP contribution in [0.15, 0.2) is 29.2 Å². The predicted molar refractivity (Wildman–Crippen MR) is 88.8 cm³/mol. The molecule has 0 amide bonds. The lowest BCUT2D eigenvalue weighted by Gasteiger charge is -2.09. The van der Waals surface area contributed by atoms with Gasteiger partial charge < -0.3 is 5.32 Å². The lowest BCUT2D eigenvalue weighted by atomic mass is 10.2. The fourth-order valence-corrected chi connectivity index (χ4v) is 5.02. The van der Waals surface area contributed by atoms with E-state index in [1.54, 1.807) is 25.1 Å². The summed E-state index contributed by atoms with van der Waals surface area (Å²) in [6, 6.07) is 6.91. The molecular weight excluding hydrogens is 328 g/mol. The monoisotopic (exact) mass is 344 g/mol. The Labute approximate surface area is 134 Å². The molecule has 0 unspecified atom stereocenters. The average molecular weight is 345 g/mol. The van der Waals surface area contributed by atoms with Gasteiger partial charge >= 0.3 is 0 Å². The summed E-state index contributed by atoms with van der Waals surface area (Å²) in [6.45, 7) is 4.35. The van der Waals surface area contributed by atoms with Crippen molar-refractivity contribution in [2.24, 2.45) is 0 Å². The highest BCUT2D eigenvalue weighted by atomic mass is 35.5. The van der Waals surface area contributed by atoms with E-state index in [9.17, 15) is 8.42 Å². The predicted octanol–water partition coefficient (Wildman–Crippen LogP) is 3.54. The molecule has 0 spiro atoms. The second-order valence-corrected chi connectivity index (χ2v) is 8.15. The van der Waals surface area contributed by atoms with Gasteiger partial charge in [-0.05, 0) is 44.7 Å². The van der Waals surface area contributed by atoms with Gasteiger partial charge in [-0.3, -0.25) is 4.72 Å². The fraction of sp³-hybridized carbons (Fsp3) is 0.286. The zero-order valence-corrected chi connectivity index (χ0v) is 14.4. The molecule has 0 bridgehead atoms. The zero-order valence-electron chi connectivity index (χ0n) is 12.0. The minimum absolute atomic E-state index is 0.300. The lowest BCUT2D eigenvalue weighted by molar-refractivity contribution is 0.601. The van der Waals surface area contributed by atoms with Crippen molar-refractivity contribution >= 4 is 38.6 Å². The molecule has 0 aliphatic carbocycles. The number of benzene rings is 1. The van der Waals surface area contributed by atoms with E-state index in [0.717, 1.165) is 15.3 Å². The van der Waals surface area contributed by atoms with Crippen molar-refractivity contribution in [2.45, 2.75) is 25.3 Å². The van der Waals surface area contributed by atoms with Gasteiger partial charge in [0.25, 0.3) is 10.0 Å². The summed E-state index contributed by atoms with van der Waals surface area (Å²) in [5.74, 6) is 0. The zero-order chi connectivity index (χ0) is 15.6. The molecule has 0 atom stereocenters. The highest BCUT2D eigenvalue weighted by Crippen LogP contribution is 2.30. The Morgan fingerprint density at radius 1 is 1.24 bits per heavy atom. The fourth-order valence-electron chi connectivity index (χ4n) is 1.96. The number of hydrogen-bond acceptors (Lipinski definition) is 4. The van der Waals surface area contributed by atoms with Crippen molar-refractivity contribution in [2.75, 3.05) is 11.8 Å². The molecule has 0 radical (unpaired) electrons. The van der Waals surface area contributed by atoms with E-state index in [4.69, 9.17) is 11.6 Å². The minimum atomic E-state index is -3.63. The van der Waals surface area contributed by atoms with Gasteiger partial charge in [0.05, 0.1) is 10.7 Å². The molecule has 7 heteroatoms. The largest absolute Gasteiger partial charge is 0.315 e. The Balaban J connectivity index is 2.34. The highest BCUT2D eigenvalue weighted by Gasteiger charge is 2.20. The summed E-state index contributed by atoms with van der Waals surface area (Å²) in [4.78, 5) is 2.04. The van der Waals surface area contributed by atoms with Crippen LogP contribution in [-0.4, -0.2) is 15.5 Å². The van der Waals surface area contributed by atoms with E-state index in [-0.39, 0.29) is 0 Å². The number of halogens is 1. The van der Waals surface area contributed by atoms with Crippen LogP contribution < -0.4 is 10.0 Å². The molecule has 4 nitrogen and oxygen atoms in total. The summed E-state index contributed by atoms with van der Waals surface area (Å²) in [5.41, 5.74) is 1.37. The van der Waals surface area contributed by atoms with E-state index >= 15 is 0 Å². The Morgan fingerprint density at radius 2 is 1.95 bits per heavy atom. The second-order valence-electron chi connectivity index (χ2n) is 4.75. The SMILES string of the molecule is CNCc1cc(S(=O)(=O)Nc2ccc(C)cc2Cl)c(C)s1. The van der Waals surface area contributed by atoms with Crippen LogP contribution in [0.5, 0.6) is 0 Å². The van der Waals surface area contributed by atoms with Crippen molar-refractivity contribution in [3.8, 4) is 0 Å². The maximum absolute atomic E-state index is 12.5. The number of thiophene rings is 1. The molecule has 1 aromatic heterocycles. The van der Waals surface area contributed by atoms with Crippen molar-refractivity contribution in [1.29, 1.82) is 0 Å². The van der Waals surface area contributed by atoms with Gasteiger partial charge in [0, 0.05) is 16.3 Å². The smallest absolute Gasteiger partial charge is 0.263 e. The second kappa shape index (κ2) is 6.36. The molecule has 2 aromatic rings. The van der Waals surface area contributed by atoms with Crippen LogP contribution in [0.2, 0.25) is 5.02 Å². The van der Waals surface area contributed by atoms with Crippen LogP contribution in [0.1, 0.15) is 15.3 Å². The average Bonchev–Trinajstić information content (AvgIpc) is 2.75.